The molecule has 2 unspecified atom stereocenters. The summed E-state index contributed by atoms with van der Waals surface area (Å²) in [5.41, 5.74) is 1.99. The number of aromatic carboxylic acids is 1. The average Bonchev–Trinajstić information content (AvgIpc) is 2.92. The Labute approximate surface area is 231 Å². The third kappa shape index (κ3) is 13.5. The lowest BCUT2D eigenvalue weighted by atomic mass is 10.0. The molecule has 0 aromatic heterocycles. The first-order chi connectivity index (χ1) is 18.5. The maximum atomic E-state index is 11.3. The van der Waals surface area contributed by atoms with Gasteiger partial charge in [-0.1, -0.05) is 91.8 Å². The van der Waals surface area contributed by atoms with Crippen molar-refractivity contribution in [1.82, 2.24) is 0 Å². The number of carbonyl (C=O) groups is 2. The van der Waals surface area contributed by atoms with Crippen LogP contribution in [0.5, 0.6) is 0 Å². The van der Waals surface area contributed by atoms with Crippen LogP contribution in [0, 0.1) is 0 Å². The largest absolute Gasteiger partial charge is 0.481 e. The summed E-state index contributed by atoms with van der Waals surface area (Å²) in [5.74, 6) is -1.59. The quantitative estimate of drug-likeness (QED) is 0.0970. The summed E-state index contributed by atoms with van der Waals surface area (Å²) in [6.07, 6.45) is 20.5. The van der Waals surface area contributed by atoms with Gasteiger partial charge in [0.15, 0.2) is 0 Å². The third-order valence-corrected chi connectivity index (χ3v) is 7.30. The van der Waals surface area contributed by atoms with Crippen LogP contribution >= 0.6 is 11.8 Å². The van der Waals surface area contributed by atoms with Gasteiger partial charge in [0.1, 0.15) is 0 Å². The van der Waals surface area contributed by atoms with Crippen molar-refractivity contribution in [2.45, 2.75) is 69.1 Å². The number of unbranched alkanes of at least 4 members (excludes halogenated alkanes) is 5. The van der Waals surface area contributed by atoms with E-state index in [0.717, 1.165) is 32.1 Å². The minimum absolute atomic E-state index is 0.00376. The number of thioether (sulfide) groups is 1. The number of aliphatic hydroxyl groups is 1. The van der Waals surface area contributed by atoms with Crippen molar-refractivity contribution in [3.8, 4) is 0 Å². The molecule has 0 radical (unpaired) electrons. The second-order valence-corrected chi connectivity index (χ2v) is 10.4. The van der Waals surface area contributed by atoms with Crippen molar-refractivity contribution in [2.24, 2.45) is 0 Å². The maximum absolute atomic E-state index is 11.3. The molecule has 5 nitrogen and oxygen atoms in total. The number of benzene rings is 2. The summed E-state index contributed by atoms with van der Waals surface area (Å²) in [7, 11) is 0. The molecule has 0 fully saturated rings. The molecule has 2 aromatic rings. The monoisotopic (exact) mass is 536 g/mol. The first-order valence-electron chi connectivity index (χ1n) is 13.3. The fraction of sp³-hybridized carbons (Fsp3) is 0.375. The summed E-state index contributed by atoms with van der Waals surface area (Å²) >= 11 is 1.35. The zero-order valence-electron chi connectivity index (χ0n) is 22.0. The molecule has 2 rings (SSSR count). The first-order valence-corrected chi connectivity index (χ1v) is 14.4. The van der Waals surface area contributed by atoms with Gasteiger partial charge < -0.3 is 15.3 Å². The fourth-order valence-corrected chi connectivity index (χ4v) is 5.04. The Morgan fingerprint density at radius 2 is 1.53 bits per heavy atom. The molecule has 204 valence electrons. The van der Waals surface area contributed by atoms with E-state index in [0.29, 0.717) is 11.3 Å². The Bertz CT molecular complexity index is 1040. The molecule has 0 saturated heterocycles. The molecular weight excluding hydrogens is 496 g/mol. The van der Waals surface area contributed by atoms with Gasteiger partial charge in [-0.15, -0.1) is 0 Å². The normalized spacial score (nSPS) is 13.4. The standard InChI is InChI=1S/C32H40O5S/c33-30(34)23-24-38-29(31(35)27-20-16-21-28(25-27)32(36)37)22-15-10-8-6-4-2-1-3-5-7-9-12-17-26-18-13-11-14-19-26/h7-11,13-16,18-22,25,29,31,35H,1-6,12,17,23-24H2,(H,33,34)(H,36,37)/b9-7-,10-8-,22-15+. The number of rotatable bonds is 19. The molecule has 6 heteroatoms. The van der Waals surface area contributed by atoms with Gasteiger partial charge >= 0.3 is 11.9 Å². The summed E-state index contributed by atoms with van der Waals surface area (Å²) < 4.78 is 0. The second-order valence-electron chi connectivity index (χ2n) is 9.15. The van der Waals surface area contributed by atoms with Crippen LogP contribution in [-0.4, -0.2) is 38.3 Å². The molecule has 0 bridgehead atoms. The predicted octanol–water partition coefficient (Wildman–Crippen LogP) is 7.64. The molecule has 0 saturated carbocycles. The van der Waals surface area contributed by atoms with Crippen molar-refractivity contribution >= 4 is 23.7 Å². The van der Waals surface area contributed by atoms with E-state index in [9.17, 15) is 19.8 Å². The smallest absolute Gasteiger partial charge is 0.335 e. The van der Waals surface area contributed by atoms with E-state index < -0.39 is 18.0 Å². The van der Waals surface area contributed by atoms with Crippen LogP contribution in [0.4, 0.5) is 0 Å². The molecular formula is C32H40O5S. The minimum atomic E-state index is -1.05. The van der Waals surface area contributed by atoms with Gasteiger partial charge in [-0.3, -0.25) is 4.79 Å². The molecule has 0 aliphatic rings. The number of carboxylic acid groups (broad SMARTS) is 2. The summed E-state index contributed by atoms with van der Waals surface area (Å²) in [6.45, 7) is 0. The van der Waals surface area contributed by atoms with Crippen LogP contribution in [0.25, 0.3) is 0 Å². The van der Waals surface area contributed by atoms with Crippen LogP contribution in [-0.2, 0) is 11.2 Å². The van der Waals surface area contributed by atoms with Crippen molar-refractivity contribution in [3.05, 3.63) is 108 Å². The molecule has 0 spiro atoms. The van der Waals surface area contributed by atoms with Gasteiger partial charge in [0.2, 0.25) is 0 Å². The van der Waals surface area contributed by atoms with Crippen molar-refractivity contribution in [1.29, 1.82) is 0 Å². The SMILES string of the molecule is O=C(O)CCSC(/C=C/C=C\CCCCCC/C=C\CCc1ccccc1)C(O)c1cccc(C(=O)O)c1. The molecule has 0 amide bonds. The third-order valence-electron chi connectivity index (χ3n) is 6.06. The van der Waals surface area contributed by atoms with E-state index in [2.05, 4.69) is 42.5 Å². The Hall–Kier alpha value is -3.09. The Morgan fingerprint density at radius 1 is 0.816 bits per heavy atom. The Morgan fingerprint density at radius 3 is 2.24 bits per heavy atom. The molecule has 2 aromatic carbocycles. The van der Waals surface area contributed by atoms with E-state index >= 15 is 0 Å². The molecule has 3 N–H and O–H groups in total. The molecule has 0 aliphatic heterocycles. The van der Waals surface area contributed by atoms with E-state index in [1.807, 2.05) is 24.3 Å². The van der Waals surface area contributed by atoms with Gasteiger partial charge in [0.25, 0.3) is 0 Å². The lowest BCUT2D eigenvalue weighted by Crippen LogP contribution is -2.15. The topological polar surface area (TPSA) is 94.8 Å². The van der Waals surface area contributed by atoms with Gasteiger partial charge in [0, 0.05) is 5.75 Å². The highest BCUT2D eigenvalue weighted by atomic mass is 32.2. The van der Waals surface area contributed by atoms with Gasteiger partial charge in [-0.25, -0.2) is 4.79 Å². The zero-order valence-corrected chi connectivity index (χ0v) is 22.8. The van der Waals surface area contributed by atoms with Crippen molar-refractivity contribution in [3.63, 3.8) is 0 Å². The van der Waals surface area contributed by atoms with E-state index in [1.165, 1.54) is 48.7 Å². The van der Waals surface area contributed by atoms with E-state index in [-0.39, 0.29) is 17.2 Å². The summed E-state index contributed by atoms with van der Waals surface area (Å²) in [5, 5.41) is 28.6. The zero-order chi connectivity index (χ0) is 27.4. The van der Waals surface area contributed by atoms with Crippen molar-refractivity contribution in [2.75, 3.05) is 5.75 Å². The lowest BCUT2D eigenvalue weighted by molar-refractivity contribution is -0.136. The second kappa shape index (κ2) is 19.0. The Balaban J connectivity index is 1.68. The van der Waals surface area contributed by atoms with Gasteiger partial charge in [-0.05, 0) is 61.8 Å². The highest BCUT2D eigenvalue weighted by Gasteiger charge is 2.20. The number of aliphatic hydroxyl groups excluding tert-OH is 1. The number of aryl methyl sites for hydroxylation is 1. The van der Waals surface area contributed by atoms with Crippen LogP contribution in [0.3, 0.4) is 0 Å². The van der Waals surface area contributed by atoms with Crippen LogP contribution in [0.1, 0.15) is 79.0 Å². The lowest BCUT2D eigenvalue weighted by Gasteiger charge is -2.20. The van der Waals surface area contributed by atoms with Crippen LogP contribution in [0.15, 0.2) is 91.1 Å². The maximum Gasteiger partial charge on any atom is 0.335 e. The molecule has 0 aliphatic carbocycles. The van der Waals surface area contributed by atoms with E-state index in [4.69, 9.17) is 5.11 Å². The van der Waals surface area contributed by atoms with Gasteiger partial charge in [-0.2, -0.15) is 11.8 Å². The number of aliphatic carboxylic acids is 1. The number of hydrogen-bond donors (Lipinski definition) is 3. The molecule has 38 heavy (non-hydrogen) atoms. The summed E-state index contributed by atoms with van der Waals surface area (Å²) in [6, 6.07) is 16.8. The van der Waals surface area contributed by atoms with Crippen molar-refractivity contribution < 1.29 is 24.9 Å². The average molecular weight is 537 g/mol. The summed E-state index contributed by atoms with van der Waals surface area (Å²) in [4.78, 5) is 22.2. The number of carboxylic acids is 2. The molecule has 0 heterocycles. The highest BCUT2D eigenvalue weighted by Crippen LogP contribution is 2.29. The first kappa shape index (κ1) is 31.1. The number of allylic oxidation sites excluding steroid dienone is 5. The Kier molecular flexibility index (Phi) is 15.6. The minimum Gasteiger partial charge on any atom is -0.481 e. The van der Waals surface area contributed by atoms with Crippen LogP contribution in [0.2, 0.25) is 0 Å². The van der Waals surface area contributed by atoms with E-state index in [1.54, 1.807) is 12.1 Å². The van der Waals surface area contributed by atoms with Gasteiger partial charge in [0.05, 0.1) is 23.3 Å². The van der Waals surface area contributed by atoms with Crippen LogP contribution < -0.4 is 0 Å². The predicted molar refractivity (Wildman–Crippen MR) is 157 cm³/mol. The fourth-order valence-electron chi connectivity index (χ4n) is 3.94. The number of hydrogen-bond acceptors (Lipinski definition) is 4. The highest BCUT2D eigenvalue weighted by molar-refractivity contribution is 8.00. The molecule has 2 atom stereocenters.